The lowest BCUT2D eigenvalue weighted by Gasteiger charge is -2.17. The van der Waals surface area contributed by atoms with E-state index in [0.29, 0.717) is 23.8 Å². The molecule has 278 valence electrons. The smallest absolute Gasteiger partial charge is 0.461 e. The Balaban J connectivity index is 0. The van der Waals surface area contributed by atoms with Crippen LogP contribution in [0.4, 0.5) is 43.9 Å². The van der Waals surface area contributed by atoms with Crippen LogP contribution in [0.25, 0.3) is 0 Å². The molecule has 0 aliphatic carbocycles. The van der Waals surface area contributed by atoms with Gasteiger partial charge in [0.25, 0.3) is 0 Å². The lowest BCUT2D eigenvalue weighted by atomic mass is 10.0. The molecule has 0 radical (unpaired) electrons. The zero-order chi connectivity index (χ0) is 39.2. The van der Waals surface area contributed by atoms with Crippen LogP contribution in [-0.4, -0.2) is 24.5 Å². The van der Waals surface area contributed by atoms with Crippen molar-refractivity contribution in [2.75, 3.05) is 0 Å². The Morgan fingerprint density at radius 3 is 1.82 bits per heavy atom. The molecule has 3 aromatic carbocycles. The Morgan fingerprint density at radius 1 is 0.840 bits per heavy atom. The summed E-state index contributed by atoms with van der Waals surface area (Å²) in [5.74, 6) is -4.70. The number of carbonyl (C=O) groups is 1. The third-order valence-corrected chi connectivity index (χ3v) is 5.22. The molecule has 0 bridgehead atoms. The van der Waals surface area contributed by atoms with Gasteiger partial charge in [0.05, 0.1) is 11.7 Å². The average molecular weight is 726 g/mol. The van der Waals surface area contributed by atoms with Gasteiger partial charge in [-0.05, 0) is 80.3 Å². The lowest BCUT2D eigenvalue weighted by Crippen LogP contribution is -2.33. The monoisotopic (exact) mass is 725 g/mol. The number of hydrogen-bond acceptors (Lipinski definition) is 3. The summed E-state index contributed by atoms with van der Waals surface area (Å²) in [6, 6.07) is 8.46. The number of primary amides is 1. The molecule has 0 saturated carbocycles. The summed E-state index contributed by atoms with van der Waals surface area (Å²) < 4.78 is 136. The first-order valence-corrected chi connectivity index (χ1v) is 14.8. The summed E-state index contributed by atoms with van der Waals surface area (Å²) >= 11 is 0. The molecule has 0 unspecified atom stereocenters. The van der Waals surface area contributed by atoms with Crippen LogP contribution in [0, 0.1) is 17.5 Å². The van der Waals surface area contributed by atoms with Crippen LogP contribution in [0.3, 0.4) is 0 Å². The van der Waals surface area contributed by atoms with Crippen LogP contribution in [0.5, 0.6) is 11.5 Å². The summed E-state index contributed by atoms with van der Waals surface area (Å²) in [7, 11) is 0. The Labute approximate surface area is 285 Å². The molecular formula is C36H41F10NO3. The molecule has 0 atom stereocenters. The van der Waals surface area contributed by atoms with Crippen molar-refractivity contribution in [2.45, 2.75) is 72.3 Å². The highest BCUT2D eigenvalue weighted by molar-refractivity contribution is 5.92. The van der Waals surface area contributed by atoms with E-state index in [4.69, 9.17) is 10.5 Å². The van der Waals surface area contributed by atoms with Gasteiger partial charge in [0.2, 0.25) is 5.91 Å². The molecule has 0 heterocycles. The van der Waals surface area contributed by atoms with Crippen molar-refractivity contribution in [3.05, 3.63) is 132 Å². The maximum absolute atomic E-state index is 13.7. The van der Waals surface area contributed by atoms with Crippen molar-refractivity contribution >= 4 is 5.91 Å². The fraction of sp³-hybridized carbons (Fsp3) is 0.306. The Kier molecular flexibility index (Phi) is 22.3. The fourth-order valence-electron chi connectivity index (χ4n) is 3.12. The van der Waals surface area contributed by atoms with Crippen LogP contribution < -0.4 is 15.2 Å². The number of rotatable bonds is 10. The third kappa shape index (κ3) is 18.7. The number of hydrogen-bond donors (Lipinski definition) is 1. The van der Waals surface area contributed by atoms with Crippen molar-refractivity contribution in [1.29, 1.82) is 0 Å². The molecule has 0 aliphatic rings. The van der Waals surface area contributed by atoms with E-state index in [1.165, 1.54) is 12.1 Å². The molecule has 3 aromatic rings. The summed E-state index contributed by atoms with van der Waals surface area (Å²) in [5, 5.41) is 0. The van der Waals surface area contributed by atoms with Crippen LogP contribution in [0.2, 0.25) is 0 Å². The first-order chi connectivity index (χ1) is 23.2. The minimum Gasteiger partial charge on any atom is -0.488 e. The van der Waals surface area contributed by atoms with Crippen molar-refractivity contribution in [3.63, 3.8) is 0 Å². The van der Waals surface area contributed by atoms with Gasteiger partial charge in [0, 0.05) is 11.6 Å². The molecule has 0 saturated heterocycles. The summed E-state index contributed by atoms with van der Waals surface area (Å²) in [5.41, 5.74) is 3.58. The molecule has 0 spiro atoms. The van der Waals surface area contributed by atoms with Gasteiger partial charge in [-0.25, -0.2) is 13.2 Å². The molecule has 2 N–H and O–H groups in total. The van der Waals surface area contributed by atoms with Crippen molar-refractivity contribution in [1.82, 2.24) is 0 Å². The molecular weight excluding hydrogens is 684 g/mol. The summed E-state index contributed by atoms with van der Waals surface area (Å²) in [6.07, 6.45) is -7.62. The average Bonchev–Trinajstić information content (AvgIpc) is 3.03. The van der Waals surface area contributed by atoms with Gasteiger partial charge in [-0.3, -0.25) is 4.79 Å². The van der Waals surface area contributed by atoms with Gasteiger partial charge in [-0.15, -0.1) is 6.58 Å². The van der Waals surface area contributed by atoms with Gasteiger partial charge in [-0.1, -0.05) is 58.2 Å². The quantitative estimate of drug-likeness (QED) is 0.129. The SMILES string of the molecule is C=CC=C.C=CCC.CC.CC(C)Oc1cc(Cc2cc(F)cc(OC(F)(F)C(F)F)c2)ccc1F.NC(=O)c1ccc(F)c(C(F)(F)F)c1. The van der Waals surface area contributed by atoms with E-state index in [9.17, 15) is 48.7 Å². The Bertz CT molecular complexity index is 1480. The molecule has 1 amide bonds. The van der Waals surface area contributed by atoms with E-state index in [1.807, 2.05) is 19.9 Å². The van der Waals surface area contributed by atoms with Gasteiger partial charge in [0.15, 0.2) is 11.6 Å². The molecule has 3 rings (SSSR count). The minimum absolute atomic E-state index is 0.00499. The van der Waals surface area contributed by atoms with E-state index in [-0.39, 0.29) is 29.4 Å². The number of ether oxygens (including phenoxy) is 2. The van der Waals surface area contributed by atoms with Crippen molar-refractivity contribution < 1.29 is 58.2 Å². The number of alkyl halides is 7. The van der Waals surface area contributed by atoms with E-state index in [2.05, 4.69) is 31.4 Å². The Morgan fingerprint density at radius 2 is 1.38 bits per heavy atom. The Hall–Kier alpha value is -4.75. The normalized spacial score (nSPS) is 10.4. The van der Waals surface area contributed by atoms with E-state index >= 15 is 0 Å². The van der Waals surface area contributed by atoms with Crippen LogP contribution in [0.15, 0.2) is 92.6 Å². The number of allylic oxidation sites excluding steroid dienone is 3. The molecule has 0 aromatic heterocycles. The number of halogens is 10. The van der Waals surface area contributed by atoms with Crippen LogP contribution in [0.1, 0.15) is 68.1 Å². The second kappa shape index (κ2) is 23.6. The second-order valence-corrected chi connectivity index (χ2v) is 9.59. The number of amides is 1. The van der Waals surface area contributed by atoms with Gasteiger partial charge in [-0.2, -0.15) is 30.7 Å². The fourth-order valence-corrected chi connectivity index (χ4v) is 3.12. The molecule has 50 heavy (non-hydrogen) atoms. The molecule has 14 heteroatoms. The highest BCUT2D eigenvalue weighted by Gasteiger charge is 2.44. The highest BCUT2D eigenvalue weighted by atomic mass is 19.4. The van der Waals surface area contributed by atoms with Crippen LogP contribution in [-0.2, 0) is 12.6 Å². The zero-order valence-corrected chi connectivity index (χ0v) is 28.2. The second-order valence-electron chi connectivity index (χ2n) is 9.59. The maximum atomic E-state index is 13.7. The standard InChI is InChI=1S/C18H16F6O2.C8H5F4NO.C4H8.C4H6.C2H6/c1-10(2)25-16-8-11(3-4-15(16)20)5-12-6-13(19)9-14(7-12)26-18(23,24)17(21)22;9-6-2-1-4(7(13)14)3-5(6)8(10,11)12;2*1-3-4-2;1-2/h3-4,6-10,17H,5H2,1-2H3;1-3H,(H2,13,14);3H,1,4H2,2H3;3-4H,1-2H2;1-2H3. The number of carbonyl (C=O) groups excluding carboxylic acids is 1. The van der Waals surface area contributed by atoms with E-state index < -0.39 is 53.4 Å². The zero-order valence-electron chi connectivity index (χ0n) is 28.2. The largest absolute Gasteiger partial charge is 0.488 e. The lowest BCUT2D eigenvalue weighted by molar-refractivity contribution is -0.253. The van der Waals surface area contributed by atoms with E-state index in [0.717, 1.165) is 30.7 Å². The van der Waals surface area contributed by atoms with Gasteiger partial charge < -0.3 is 15.2 Å². The highest BCUT2D eigenvalue weighted by Crippen LogP contribution is 2.32. The molecule has 0 fully saturated rings. The third-order valence-electron chi connectivity index (χ3n) is 5.22. The predicted octanol–water partition coefficient (Wildman–Crippen LogP) is 11.5. The first-order valence-electron chi connectivity index (χ1n) is 14.8. The van der Waals surface area contributed by atoms with E-state index in [1.54, 1.807) is 26.0 Å². The number of nitrogens with two attached hydrogens (primary N) is 1. The summed E-state index contributed by atoms with van der Waals surface area (Å²) in [4.78, 5) is 10.5. The topological polar surface area (TPSA) is 61.6 Å². The van der Waals surface area contributed by atoms with Crippen LogP contribution >= 0.6 is 0 Å². The molecule has 0 aliphatic heterocycles. The predicted molar refractivity (Wildman–Crippen MR) is 175 cm³/mol. The minimum atomic E-state index is -4.82. The first kappa shape index (κ1) is 47.4. The van der Waals surface area contributed by atoms with Gasteiger partial charge in [0.1, 0.15) is 17.4 Å². The van der Waals surface area contributed by atoms with Gasteiger partial charge >= 0.3 is 18.7 Å². The number of benzene rings is 3. The molecule has 4 nitrogen and oxygen atoms in total. The van der Waals surface area contributed by atoms with Crippen molar-refractivity contribution in [3.8, 4) is 11.5 Å². The summed E-state index contributed by atoms with van der Waals surface area (Å²) in [6.45, 7) is 19.7. The van der Waals surface area contributed by atoms with Crippen molar-refractivity contribution in [2.24, 2.45) is 5.73 Å². The maximum Gasteiger partial charge on any atom is 0.461 e.